The largest absolute Gasteiger partial charge is 0.327 e. The molecule has 0 aliphatic heterocycles. The maximum Gasteiger partial charge on any atom is 0.129 e. The lowest BCUT2D eigenvalue weighted by molar-refractivity contribution is 0.552. The average molecular weight is 358 g/mol. The zero-order valence-electron chi connectivity index (χ0n) is 12.0. The molecule has 0 amide bonds. The molecule has 0 aliphatic rings. The number of hydrogen-bond acceptors (Lipinski definition) is 2. The van der Waals surface area contributed by atoms with Crippen molar-refractivity contribution in [3.05, 3.63) is 51.3 Å². The Morgan fingerprint density at radius 2 is 2.05 bits per heavy atom. The van der Waals surface area contributed by atoms with E-state index in [1.807, 2.05) is 14.0 Å². The predicted molar refractivity (Wildman–Crippen MR) is 82.0 cm³/mol. The molecule has 0 spiro atoms. The number of nitrogens with two attached hydrogens (primary N) is 1. The smallest absolute Gasteiger partial charge is 0.129 e. The Morgan fingerprint density at radius 3 is 2.62 bits per heavy atom. The molecule has 2 rings (SSSR count). The number of benzene rings is 1. The SMILES string of the molecule is CCc1nn(C)c(CC(N)Cc2ccc(F)cc2F)c1Br. The van der Waals surface area contributed by atoms with Crippen molar-refractivity contribution in [1.82, 2.24) is 9.78 Å². The van der Waals surface area contributed by atoms with Crippen molar-refractivity contribution >= 4 is 15.9 Å². The zero-order chi connectivity index (χ0) is 15.6. The molecule has 0 saturated carbocycles. The minimum atomic E-state index is -0.577. The fourth-order valence-electron chi connectivity index (χ4n) is 2.33. The number of hydrogen-bond donors (Lipinski definition) is 1. The summed E-state index contributed by atoms with van der Waals surface area (Å²) in [5.74, 6) is -1.13. The van der Waals surface area contributed by atoms with Crippen LogP contribution in [-0.4, -0.2) is 15.8 Å². The van der Waals surface area contributed by atoms with E-state index in [4.69, 9.17) is 5.73 Å². The highest BCUT2D eigenvalue weighted by molar-refractivity contribution is 9.10. The Balaban J connectivity index is 2.11. The van der Waals surface area contributed by atoms with E-state index in [0.29, 0.717) is 18.4 Å². The first-order chi connectivity index (χ1) is 9.92. The maximum absolute atomic E-state index is 13.6. The molecule has 2 aromatic rings. The van der Waals surface area contributed by atoms with Gasteiger partial charge in [-0.2, -0.15) is 5.10 Å². The van der Waals surface area contributed by atoms with Crippen LogP contribution in [0.2, 0.25) is 0 Å². The minimum Gasteiger partial charge on any atom is -0.327 e. The minimum absolute atomic E-state index is 0.263. The topological polar surface area (TPSA) is 43.8 Å². The lowest BCUT2D eigenvalue weighted by Gasteiger charge is -2.13. The van der Waals surface area contributed by atoms with E-state index in [-0.39, 0.29) is 6.04 Å². The summed E-state index contributed by atoms with van der Waals surface area (Å²) in [6.07, 6.45) is 1.75. The van der Waals surface area contributed by atoms with Crippen molar-refractivity contribution in [2.24, 2.45) is 12.8 Å². The van der Waals surface area contributed by atoms with Crippen molar-refractivity contribution in [2.75, 3.05) is 0 Å². The van der Waals surface area contributed by atoms with Gasteiger partial charge in [-0.1, -0.05) is 13.0 Å². The van der Waals surface area contributed by atoms with Gasteiger partial charge in [-0.25, -0.2) is 8.78 Å². The normalized spacial score (nSPS) is 12.7. The third-order valence-corrected chi connectivity index (χ3v) is 4.37. The van der Waals surface area contributed by atoms with Gasteiger partial charge in [0.15, 0.2) is 0 Å². The molecular formula is C15H18BrF2N3. The van der Waals surface area contributed by atoms with Gasteiger partial charge >= 0.3 is 0 Å². The van der Waals surface area contributed by atoms with E-state index >= 15 is 0 Å². The van der Waals surface area contributed by atoms with Crippen molar-refractivity contribution in [2.45, 2.75) is 32.2 Å². The van der Waals surface area contributed by atoms with Gasteiger partial charge in [-0.05, 0) is 40.4 Å². The molecule has 114 valence electrons. The third-order valence-electron chi connectivity index (χ3n) is 3.46. The van der Waals surface area contributed by atoms with Gasteiger partial charge in [0, 0.05) is 25.6 Å². The number of halogens is 3. The first-order valence-electron chi connectivity index (χ1n) is 6.82. The summed E-state index contributed by atoms with van der Waals surface area (Å²) < 4.78 is 29.3. The van der Waals surface area contributed by atoms with E-state index < -0.39 is 11.6 Å². The molecule has 1 aromatic heterocycles. The average Bonchev–Trinajstić information content (AvgIpc) is 2.69. The summed E-state index contributed by atoms with van der Waals surface area (Å²) in [4.78, 5) is 0. The molecule has 1 heterocycles. The fraction of sp³-hybridized carbons (Fsp3) is 0.400. The first kappa shape index (κ1) is 16.1. The second-order valence-corrected chi connectivity index (χ2v) is 5.88. The van der Waals surface area contributed by atoms with Crippen molar-refractivity contribution in [3.63, 3.8) is 0 Å². The van der Waals surface area contributed by atoms with E-state index in [0.717, 1.165) is 28.3 Å². The molecule has 0 saturated heterocycles. The van der Waals surface area contributed by atoms with Crippen LogP contribution in [0.25, 0.3) is 0 Å². The molecule has 0 fully saturated rings. The summed E-state index contributed by atoms with van der Waals surface area (Å²) in [5, 5.41) is 4.41. The second-order valence-electron chi connectivity index (χ2n) is 5.09. The quantitative estimate of drug-likeness (QED) is 0.893. The monoisotopic (exact) mass is 357 g/mol. The molecule has 0 aliphatic carbocycles. The van der Waals surface area contributed by atoms with Crippen LogP contribution in [0.3, 0.4) is 0 Å². The van der Waals surface area contributed by atoms with E-state index in [1.165, 1.54) is 12.1 Å². The van der Waals surface area contributed by atoms with Gasteiger partial charge in [0.05, 0.1) is 15.9 Å². The molecule has 6 heteroatoms. The van der Waals surface area contributed by atoms with E-state index in [1.54, 1.807) is 4.68 Å². The van der Waals surface area contributed by atoms with Gasteiger partial charge in [-0.3, -0.25) is 4.68 Å². The highest BCUT2D eigenvalue weighted by Crippen LogP contribution is 2.23. The number of aromatic nitrogens is 2. The van der Waals surface area contributed by atoms with Crippen LogP contribution in [-0.2, 0) is 26.3 Å². The van der Waals surface area contributed by atoms with Gasteiger partial charge in [0.25, 0.3) is 0 Å². The van der Waals surface area contributed by atoms with Crippen LogP contribution in [0.4, 0.5) is 8.78 Å². The Labute approximate surface area is 131 Å². The van der Waals surface area contributed by atoms with Crippen molar-refractivity contribution in [1.29, 1.82) is 0 Å². The van der Waals surface area contributed by atoms with Crippen LogP contribution in [0.1, 0.15) is 23.9 Å². The number of aryl methyl sites for hydroxylation is 2. The zero-order valence-corrected chi connectivity index (χ0v) is 13.6. The van der Waals surface area contributed by atoms with Gasteiger partial charge in [-0.15, -0.1) is 0 Å². The van der Waals surface area contributed by atoms with Crippen LogP contribution >= 0.6 is 15.9 Å². The second kappa shape index (κ2) is 6.66. The molecule has 0 radical (unpaired) electrons. The Hall–Kier alpha value is -1.27. The van der Waals surface area contributed by atoms with Crippen LogP contribution in [0.5, 0.6) is 0 Å². The fourth-order valence-corrected chi connectivity index (χ4v) is 3.11. The molecule has 1 aromatic carbocycles. The molecule has 1 unspecified atom stereocenters. The molecule has 1 atom stereocenters. The molecule has 2 N–H and O–H groups in total. The van der Waals surface area contributed by atoms with Gasteiger partial charge < -0.3 is 5.73 Å². The Bertz CT molecular complexity index is 640. The lowest BCUT2D eigenvalue weighted by atomic mass is 10.0. The molecule has 0 bridgehead atoms. The number of nitrogens with zero attached hydrogens (tertiary/aromatic N) is 2. The first-order valence-corrected chi connectivity index (χ1v) is 7.61. The highest BCUT2D eigenvalue weighted by atomic mass is 79.9. The highest BCUT2D eigenvalue weighted by Gasteiger charge is 2.17. The summed E-state index contributed by atoms with van der Waals surface area (Å²) in [7, 11) is 1.87. The summed E-state index contributed by atoms with van der Waals surface area (Å²) >= 11 is 3.54. The van der Waals surface area contributed by atoms with Crippen LogP contribution in [0, 0.1) is 11.6 Å². The van der Waals surface area contributed by atoms with Crippen LogP contribution < -0.4 is 5.73 Å². The standard InChI is InChI=1S/C15H18BrF2N3/c1-3-13-15(16)14(21(2)20-13)8-11(19)6-9-4-5-10(17)7-12(9)18/h4-5,7,11H,3,6,8,19H2,1-2H3. The number of rotatable bonds is 5. The summed E-state index contributed by atoms with van der Waals surface area (Å²) in [6, 6.07) is 3.32. The van der Waals surface area contributed by atoms with Gasteiger partial charge in [0.2, 0.25) is 0 Å². The summed E-state index contributed by atoms with van der Waals surface area (Å²) in [5.41, 5.74) is 8.51. The molecule has 21 heavy (non-hydrogen) atoms. The lowest BCUT2D eigenvalue weighted by Crippen LogP contribution is -2.27. The third kappa shape index (κ3) is 3.68. The molecular weight excluding hydrogens is 340 g/mol. The Morgan fingerprint density at radius 1 is 1.33 bits per heavy atom. The van der Waals surface area contributed by atoms with Gasteiger partial charge in [0.1, 0.15) is 11.6 Å². The predicted octanol–water partition coefficient (Wildman–Crippen LogP) is 3.14. The van der Waals surface area contributed by atoms with Crippen molar-refractivity contribution in [3.8, 4) is 0 Å². The van der Waals surface area contributed by atoms with Crippen LogP contribution in [0.15, 0.2) is 22.7 Å². The van der Waals surface area contributed by atoms with E-state index in [2.05, 4.69) is 21.0 Å². The molecule has 3 nitrogen and oxygen atoms in total. The Kier molecular flexibility index (Phi) is 5.11. The van der Waals surface area contributed by atoms with E-state index in [9.17, 15) is 8.78 Å². The maximum atomic E-state index is 13.6. The summed E-state index contributed by atoms with van der Waals surface area (Å²) in [6.45, 7) is 2.03. The van der Waals surface area contributed by atoms with Crippen molar-refractivity contribution < 1.29 is 8.78 Å².